The molecule has 6 nitrogen and oxygen atoms in total. The molecule has 0 aliphatic carbocycles. The van der Waals surface area contributed by atoms with Crippen molar-refractivity contribution in [2.75, 3.05) is 7.11 Å². The van der Waals surface area contributed by atoms with Crippen LogP contribution in [-0.4, -0.2) is 23.2 Å². The first-order valence-electron chi connectivity index (χ1n) is 8.67. The number of nitrogens with zero attached hydrogens (tertiary/aromatic N) is 2. The standard InChI is InChI=1S/C20H19F2N3O3/c1-12(14-5-8-17(27-2)16(22)11-14)23-18(26)9-10-19-24-20(25-28-19)13-3-6-15(21)7-4-13/h3-8,11-12H,9-10H2,1-2H3,(H,23,26)/t12-/m1/s1. The Balaban J connectivity index is 1.54. The number of aryl methyl sites for hydroxylation is 1. The number of hydrogen-bond acceptors (Lipinski definition) is 5. The van der Waals surface area contributed by atoms with Gasteiger partial charge in [0, 0.05) is 18.4 Å². The summed E-state index contributed by atoms with van der Waals surface area (Å²) < 4.78 is 36.8. The van der Waals surface area contributed by atoms with Gasteiger partial charge in [-0.25, -0.2) is 8.78 Å². The lowest BCUT2D eigenvalue weighted by Crippen LogP contribution is -2.26. The highest BCUT2D eigenvalue weighted by Crippen LogP contribution is 2.22. The average Bonchev–Trinajstić information content (AvgIpc) is 3.16. The van der Waals surface area contributed by atoms with Gasteiger partial charge in [-0.3, -0.25) is 4.79 Å². The largest absolute Gasteiger partial charge is 0.494 e. The summed E-state index contributed by atoms with van der Waals surface area (Å²) in [6.07, 6.45) is 0.387. The molecule has 0 saturated carbocycles. The van der Waals surface area contributed by atoms with Crippen molar-refractivity contribution in [2.45, 2.75) is 25.8 Å². The highest BCUT2D eigenvalue weighted by Gasteiger charge is 2.14. The molecule has 28 heavy (non-hydrogen) atoms. The zero-order chi connectivity index (χ0) is 20.1. The number of amides is 1. The van der Waals surface area contributed by atoms with Crippen molar-refractivity contribution < 1.29 is 22.8 Å². The predicted molar refractivity (Wildman–Crippen MR) is 97.5 cm³/mol. The molecule has 2 aromatic carbocycles. The lowest BCUT2D eigenvalue weighted by Gasteiger charge is -2.15. The first-order valence-corrected chi connectivity index (χ1v) is 8.67. The fourth-order valence-corrected chi connectivity index (χ4v) is 2.64. The molecular weight excluding hydrogens is 368 g/mol. The first-order chi connectivity index (χ1) is 13.5. The van der Waals surface area contributed by atoms with Gasteiger partial charge < -0.3 is 14.6 Å². The van der Waals surface area contributed by atoms with Gasteiger partial charge in [-0.05, 0) is 48.9 Å². The van der Waals surface area contributed by atoms with Crippen LogP contribution in [0.2, 0.25) is 0 Å². The molecule has 0 saturated heterocycles. The van der Waals surface area contributed by atoms with Crippen LogP contribution in [0.3, 0.4) is 0 Å². The SMILES string of the molecule is COc1ccc([C@@H](C)NC(=O)CCc2nc(-c3ccc(F)cc3)no2)cc1F. The van der Waals surface area contributed by atoms with Gasteiger partial charge in [-0.2, -0.15) is 4.98 Å². The van der Waals surface area contributed by atoms with Gasteiger partial charge in [-0.1, -0.05) is 11.2 Å². The molecule has 0 bridgehead atoms. The van der Waals surface area contributed by atoms with Crippen molar-refractivity contribution in [1.29, 1.82) is 0 Å². The number of benzene rings is 2. The molecule has 8 heteroatoms. The molecule has 1 aromatic heterocycles. The Kier molecular flexibility index (Phi) is 5.98. The Morgan fingerprint density at radius 3 is 2.64 bits per heavy atom. The van der Waals surface area contributed by atoms with E-state index in [0.29, 0.717) is 22.8 Å². The van der Waals surface area contributed by atoms with Crippen LogP contribution in [0.25, 0.3) is 11.4 Å². The molecule has 1 N–H and O–H groups in total. The topological polar surface area (TPSA) is 77.2 Å². The smallest absolute Gasteiger partial charge is 0.227 e. The second kappa shape index (κ2) is 8.60. The van der Waals surface area contributed by atoms with Gasteiger partial charge in [0.25, 0.3) is 0 Å². The Morgan fingerprint density at radius 2 is 1.96 bits per heavy atom. The summed E-state index contributed by atoms with van der Waals surface area (Å²) in [6, 6.07) is 9.88. The van der Waals surface area contributed by atoms with Crippen molar-refractivity contribution in [1.82, 2.24) is 15.5 Å². The van der Waals surface area contributed by atoms with Crippen molar-refractivity contribution in [3.63, 3.8) is 0 Å². The summed E-state index contributed by atoms with van der Waals surface area (Å²) in [4.78, 5) is 16.4. The molecule has 1 atom stereocenters. The Hall–Kier alpha value is -3.29. The van der Waals surface area contributed by atoms with E-state index in [1.807, 2.05) is 0 Å². The van der Waals surface area contributed by atoms with Crippen molar-refractivity contribution in [3.8, 4) is 17.1 Å². The molecule has 1 amide bonds. The van der Waals surface area contributed by atoms with Crippen LogP contribution < -0.4 is 10.1 Å². The Bertz CT molecular complexity index is 958. The Morgan fingerprint density at radius 1 is 1.21 bits per heavy atom. The van der Waals surface area contributed by atoms with E-state index in [0.717, 1.165) is 0 Å². The zero-order valence-electron chi connectivity index (χ0n) is 15.4. The van der Waals surface area contributed by atoms with E-state index in [1.54, 1.807) is 25.1 Å². The van der Waals surface area contributed by atoms with Gasteiger partial charge >= 0.3 is 0 Å². The number of ether oxygens (including phenoxy) is 1. The zero-order valence-corrected chi connectivity index (χ0v) is 15.4. The molecule has 0 unspecified atom stereocenters. The quantitative estimate of drug-likeness (QED) is 0.667. The lowest BCUT2D eigenvalue weighted by atomic mass is 10.1. The minimum atomic E-state index is -0.486. The maximum Gasteiger partial charge on any atom is 0.227 e. The lowest BCUT2D eigenvalue weighted by molar-refractivity contribution is -0.121. The second-order valence-corrected chi connectivity index (χ2v) is 6.20. The summed E-state index contributed by atoms with van der Waals surface area (Å²) in [6.45, 7) is 1.76. The molecule has 1 heterocycles. The molecule has 0 aliphatic heterocycles. The first kappa shape index (κ1) is 19.5. The van der Waals surface area contributed by atoms with E-state index in [4.69, 9.17) is 9.26 Å². The molecular formula is C20H19F2N3O3. The number of hydrogen-bond donors (Lipinski definition) is 1. The fourth-order valence-electron chi connectivity index (χ4n) is 2.64. The number of nitrogens with one attached hydrogen (secondary N) is 1. The minimum Gasteiger partial charge on any atom is -0.494 e. The number of carbonyl (C=O) groups excluding carboxylic acids is 1. The highest BCUT2D eigenvalue weighted by molar-refractivity contribution is 5.76. The third kappa shape index (κ3) is 4.70. The third-order valence-corrected chi connectivity index (χ3v) is 4.19. The maximum atomic E-state index is 13.8. The molecule has 3 aromatic rings. The van der Waals surface area contributed by atoms with E-state index >= 15 is 0 Å². The van der Waals surface area contributed by atoms with Gasteiger partial charge in [0.2, 0.25) is 17.6 Å². The van der Waals surface area contributed by atoms with Crippen molar-refractivity contribution in [3.05, 3.63) is 65.6 Å². The summed E-state index contributed by atoms with van der Waals surface area (Å²) in [5.74, 6) is -0.286. The highest BCUT2D eigenvalue weighted by atomic mass is 19.1. The van der Waals surface area contributed by atoms with Crippen molar-refractivity contribution >= 4 is 5.91 Å². The number of carbonyl (C=O) groups is 1. The molecule has 146 valence electrons. The van der Waals surface area contributed by atoms with Crippen molar-refractivity contribution in [2.24, 2.45) is 0 Å². The van der Waals surface area contributed by atoms with Crippen LogP contribution in [0, 0.1) is 11.6 Å². The third-order valence-electron chi connectivity index (χ3n) is 4.19. The van der Waals surface area contributed by atoms with Gasteiger partial charge in [0.1, 0.15) is 5.82 Å². The fraction of sp³-hybridized carbons (Fsp3) is 0.250. The Labute approximate surface area is 160 Å². The number of halogens is 2. The summed E-state index contributed by atoms with van der Waals surface area (Å²) >= 11 is 0. The van der Waals surface area contributed by atoms with Crippen LogP contribution in [0.4, 0.5) is 8.78 Å². The van der Waals surface area contributed by atoms with E-state index in [9.17, 15) is 13.6 Å². The predicted octanol–water partition coefficient (Wildman–Crippen LogP) is 3.83. The number of rotatable bonds is 7. The summed E-state index contributed by atoms with van der Waals surface area (Å²) in [7, 11) is 1.39. The monoisotopic (exact) mass is 387 g/mol. The average molecular weight is 387 g/mol. The molecule has 0 spiro atoms. The van der Waals surface area contributed by atoms with E-state index in [-0.39, 0.29) is 36.4 Å². The normalized spacial score (nSPS) is 11.9. The van der Waals surface area contributed by atoms with E-state index in [2.05, 4.69) is 15.5 Å². The minimum absolute atomic E-state index is 0.133. The second-order valence-electron chi connectivity index (χ2n) is 6.20. The van der Waals surface area contributed by atoms with Gasteiger partial charge in [0.05, 0.1) is 13.2 Å². The van der Waals surface area contributed by atoms with Crippen LogP contribution in [-0.2, 0) is 11.2 Å². The number of aromatic nitrogens is 2. The maximum absolute atomic E-state index is 13.8. The molecule has 0 radical (unpaired) electrons. The van der Waals surface area contributed by atoms with E-state index < -0.39 is 5.82 Å². The molecule has 0 aliphatic rings. The molecule has 0 fully saturated rings. The van der Waals surface area contributed by atoms with E-state index in [1.165, 1.54) is 31.4 Å². The van der Waals surface area contributed by atoms with Gasteiger partial charge in [0.15, 0.2) is 11.6 Å². The summed E-state index contributed by atoms with van der Waals surface area (Å²) in [5, 5.41) is 6.63. The van der Waals surface area contributed by atoms with Gasteiger partial charge in [-0.15, -0.1) is 0 Å². The van der Waals surface area contributed by atoms with Crippen LogP contribution in [0.5, 0.6) is 5.75 Å². The van der Waals surface area contributed by atoms with Crippen LogP contribution >= 0.6 is 0 Å². The summed E-state index contributed by atoms with van der Waals surface area (Å²) in [5.41, 5.74) is 1.25. The number of methoxy groups -OCH3 is 1. The van der Waals surface area contributed by atoms with Crippen LogP contribution in [0.15, 0.2) is 47.0 Å². The molecule has 3 rings (SSSR count). The van der Waals surface area contributed by atoms with Crippen LogP contribution in [0.1, 0.15) is 30.8 Å².